The molecule has 1 N–H and O–H groups in total. The standard InChI is InChI=1S/C13H18N2O2/c1-15(9-10-5-7-14-8-6-10)12-4-2-3-11(12)13(16)17/h5-8,11-12H,2-4,9H2,1H3,(H,16,17). The van der Waals surface area contributed by atoms with Crippen LogP contribution in [0.1, 0.15) is 24.8 Å². The molecule has 1 aromatic heterocycles. The molecule has 1 aliphatic carbocycles. The van der Waals surface area contributed by atoms with E-state index in [0.717, 1.165) is 25.8 Å². The minimum absolute atomic E-state index is 0.167. The predicted molar refractivity (Wildman–Crippen MR) is 64.5 cm³/mol. The number of carbonyl (C=O) groups is 1. The molecular weight excluding hydrogens is 216 g/mol. The van der Waals surface area contributed by atoms with Gasteiger partial charge in [-0.3, -0.25) is 14.7 Å². The van der Waals surface area contributed by atoms with Crippen LogP contribution in [0.4, 0.5) is 0 Å². The Morgan fingerprint density at radius 3 is 2.82 bits per heavy atom. The number of pyridine rings is 1. The van der Waals surface area contributed by atoms with Crippen molar-refractivity contribution in [2.75, 3.05) is 7.05 Å². The Kier molecular flexibility index (Phi) is 3.74. The summed E-state index contributed by atoms with van der Waals surface area (Å²) >= 11 is 0. The lowest BCUT2D eigenvalue weighted by Gasteiger charge is -2.27. The van der Waals surface area contributed by atoms with Crippen molar-refractivity contribution in [2.45, 2.75) is 31.8 Å². The quantitative estimate of drug-likeness (QED) is 0.862. The molecule has 0 spiro atoms. The van der Waals surface area contributed by atoms with Crippen LogP contribution < -0.4 is 0 Å². The summed E-state index contributed by atoms with van der Waals surface area (Å²) in [6, 6.07) is 4.11. The molecule has 0 bridgehead atoms. The fourth-order valence-electron chi connectivity index (χ4n) is 2.65. The first-order chi connectivity index (χ1) is 8.18. The smallest absolute Gasteiger partial charge is 0.308 e. The van der Waals surface area contributed by atoms with Crippen LogP contribution in [0.2, 0.25) is 0 Å². The van der Waals surface area contributed by atoms with Gasteiger partial charge in [0, 0.05) is 25.0 Å². The fraction of sp³-hybridized carbons (Fsp3) is 0.538. The second kappa shape index (κ2) is 5.27. The van der Waals surface area contributed by atoms with Gasteiger partial charge in [0.25, 0.3) is 0 Å². The van der Waals surface area contributed by atoms with E-state index in [9.17, 15) is 4.79 Å². The Labute approximate surface area is 101 Å². The van der Waals surface area contributed by atoms with Crippen molar-refractivity contribution in [1.29, 1.82) is 0 Å². The van der Waals surface area contributed by atoms with Gasteiger partial charge in [-0.05, 0) is 37.6 Å². The van der Waals surface area contributed by atoms with Crippen molar-refractivity contribution < 1.29 is 9.90 Å². The predicted octanol–water partition coefficient (Wildman–Crippen LogP) is 1.77. The van der Waals surface area contributed by atoms with Gasteiger partial charge in [0.05, 0.1) is 5.92 Å². The highest BCUT2D eigenvalue weighted by molar-refractivity contribution is 5.71. The maximum absolute atomic E-state index is 11.1. The summed E-state index contributed by atoms with van der Waals surface area (Å²) in [5, 5.41) is 9.16. The average Bonchev–Trinajstić information content (AvgIpc) is 2.79. The molecule has 0 aliphatic heterocycles. The first kappa shape index (κ1) is 12.0. The monoisotopic (exact) mass is 234 g/mol. The van der Waals surface area contributed by atoms with Crippen LogP contribution in [-0.2, 0) is 11.3 Å². The number of hydrogen-bond donors (Lipinski definition) is 1. The summed E-state index contributed by atoms with van der Waals surface area (Å²) in [6.07, 6.45) is 6.35. The summed E-state index contributed by atoms with van der Waals surface area (Å²) in [7, 11) is 2.01. The molecule has 2 atom stereocenters. The molecule has 1 saturated carbocycles. The zero-order chi connectivity index (χ0) is 12.3. The van der Waals surface area contributed by atoms with Gasteiger partial charge < -0.3 is 5.11 Å². The Bertz CT molecular complexity index is 380. The van der Waals surface area contributed by atoms with Crippen molar-refractivity contribution in [2.24, 2.45) is 5.92 Å². The lowest BCUT2D eigenvalue weighted by atomic mass is 10.0. The number of nitrogens with zero attached hydrogens (tertiary/aromatic N) is 2. The highest BCUT2D eigenvalue weighted by Crippen LogP contribution is 2.30. The molecule has 0 radical (unpaired) electrons. The lowest BCUT2D eigenvalue weighted by Crippen LogP contribution is -2.37. The molecule has 0 aromatic carbocycles. The number of aromatic nitrogens is 1. The Morgan fingerprint density at radius 2 is 2.18 bits per heavy atom. The van der Waals surface area contributed by atoms with Crippen LogP contribution in [0.3, 0.4) is 0 Å². The van der Waals surface area contributed by atoms with E-state index in [4.69, 9.17) is 5.11 Å². The summed E-state index contributed by atoms with van der Waals surface area (Å²) in [4.78, 5) is 17.3. The number of carboxylic acids is 1. The zero-order valence-electron chi connectivity index (χ0n) is 10.0. The van der Waals surface area contributed by atoms with E-state index in [-0.39, 0.29) is 12.0 Å². The van der Waals surface area contributed by atoms with E-state index < -0.39 is 5.97 Å². The minimum Gasteiger partial charge on any atom is -0.481 e. The molecule has 1 aromatic rings. The minimum atomic E-state index is -0.658. The van der Waals surface area contributed by atoms with E-state index in [1.165, 1.54) is 5.56 Å². The van der Waals surface area contributed by atoms with E-state index in [1.54, 1.807) is 12.4 Å². The molecule has 1 fully saturated rings. The SMILES string of the molecule is CN(Cc1ccncc1)C1CCCC1C(=O)O. The second-order valence-electron chi connectivity index (χ2n) is 4.71. The molecule has 0 amide bonds. The molecule has 0 saturated heterocycles. The topological polar surface area (TPSA) is 53.4 Å². The summed E-state index contributed by atoms with van der Waals surface area (Å²) < 4.78 is 0. The number of rotatable bonds is 4. The summed E-state index contributed by atoms with van der Waals surface area (Å²) in [5.74, 6) is -0.865. The maximum atomic E-state index is 11.1. The first-order valence-electron chi connectivity index (χ1n) is 6.00. The van der Waals surface area contributed by atoms with Crippen molar-refractivity contribution in [3.8, 4) is 0 Å². The maximum Gasteiger partial charge on any atom is 0.308 e. The molecule has 1 aliphatic rings. The first-order valence-corrected chi connectivity index (χ1v) is 6.00. The molecule has 2 rings (SSSR count). The van der Waals surface area contributed by atoms with Gasteiger partial charge in [0.15, 0.2) is 0 Å². The fourth-order valence-corrected chi connectivity index (χ4v) is 2.65. The van der Waals surface area contributed by atoms with Crippen LogP contribution >= 0.6 is 0 Å². The molecular formula is C13H18N2O2. The Morgan fingerprint density at radius 1 is 1.47 bits per heavy atom. The van der Waals surface area contributed by atoms with Gasteiger partial charge in [0.1, 0.15) is 0 Å². The van der Waals surface area contributed by atoms with E-state index in [1.807, 2.05) is 19.2 Å². The normalized spacial score (nSPS) is 24.1. The van der Waals surface area contributed by atoms with E-state index >= 15 is 0 Å². The molecule has 17 heavy (non-hydrogen) atoms. The summed E-state index contributed by atoms with van der Waals surface area (Å²) in [6.45, 7) is 0.789. The number of aliphatic carboxylic acids is 1. The van der Waals surface area contributed by atoms with Crippen LogP contribution in [-0.4, -0.2) is 34.0 Å². The third-order valence-electron chi connectivity index (χ3n) is 3.54. The Hall–Kier alpha value is -1.42. The van der Waals surface area contributed by atoms with Crippen molar-refractivity contribution >= 4 is 5.97 Å². The number of hydrogen-bond acceptors (Lipinski definition) is 3. The van der Waals surface area contributed by atoms with E-state index in [0.29, 0.717) is 0 Å². The largest absolute Gasteiger partial charge is 0.481 e. The van der Waals surface area contributed by atoms with Gasteiger partial charge in [0.2, 0.25) is 0 Å². The van der Waals surface area contributed by atoms with Gasteiger partial charge in [-0.15, -0.1) is 0 Å². The molecule has 1 heterocycles. The molecule has 4 nitrogen and oxygen atoms in total. The third-order valence-corrected chi connectivity index (χ3v) is 3.54. The van der Waals surface area contributed by atoms with Gasteiger partial charge in [-0.1, -0.05) is 6.42 Å². The molecule has 4 heteroatoms. The van der Waals surface area contributed by atoms with Crippen molar-refractivity contribution in [3.05, 3.63) is 30.1 Å². The molecule has 92 valence electrons. The van der Waals surface area contributed by atoms with Crippen molar-refractivity contribution in [1.82, 2.24) is 9.88 Å². The zero-order valence-corrected chi connectivity index (χ0v) is 10.0. The van der Waals surface area contributed by atoms with Crippen molar-refractivity contribution in [3.63, 3.8) is 0 Å². The lowest BCUT2D eigenvalue weighted by molar-refractivity contribution is -0.143. The van der Waals surface area contributed by atoms with E-state index in [2.05, 4.69) is 9.88 Å². The van der Waals surface area contributed by atoms with Gasteiger partial charge >= 0.3 is 5.97 Å². The summed E-state index contributed by atoms with van der Waals surface area (Å²) in [5.41, 5.74) is 1.18. The Balaban J connectivity index is 2.00. The van der Waals surface area contributed by atoms with Crippen LogP contribution in [0.5, 0.6) is 0 Å². The number of carboxylic acid groups (broad SMARTS) is 1. The van der Waals surface area contributed by atoms with Crippen LogP contribution in [0, 0.1) is 5.92 Å². The second-order valence-corrected chi connectivity index (χ2v) is 4.71. The van der Waals surface area contributed by atoms with Gasteiger partial charge in [-0.2, -0.15) is 0 Å². The highest BCUT2D eigenvalue weighted by Gasteiger charge is 2.35. The third kappa shape index (κ3) is 2.82. The average molecular weight is 234 g/mol. The highest BCUT2D eigenvalue weighted by atomic mass is 16.4. The van der Waals surface area contributed by atoms with Gasteiger partial charge in [-0.25, -0.2) is 0 Å². The van der Waals surface area contributed by atoms with Crippen LogP contribution in [0.15, 0.2) is 24.5 Å². The van der Waals surface area contributed by atoms with Crippen LogP contribution in [0.25, 0.3) is 0 Å². The molecule has 2 unspecified atom stereocenters.